The summed E-state index contributed by atoms with van der Waals surface area (Å²) in [5.74, 6) is 0. The first-order valence-corrected chi connectivity index (χ1v) is 8.33. The Bertz CT molecular complexity index is 287. The van der Waals surface area contributed by atoms with Crippen molar-refractivity contribution in [2.75, 3.05) is 26.4 Å². The number of ether oxygens (including phenoxy) is 2. The van der Waals surface area contributed by atoms with E-state index in [4.69, 9.17) is 9.47 Å². The second-order valence-electron chi connectivity index (χ2n) is 5.19. The standard InChI is InChI=1S/C13H25NO3S/c1-3-6-14-11-4-7-16-9-13(11)18(15)12-5-8-17-10(12)2/h10-14H,3-9H2,1-2H3. The highest BCUT2D eigenvalue weighted by Gasteiger charge is 2.38. The third-order valence-corrected chi connectivity index (χ3v) is 6.14. The van der Waals surface area contributed by atoms with Crippen molar-refractivity contribution < 1.29 is 13.7 Å². The quantitative estimate of drug-likeness (QED) is 0.815. The van der Waals surface area contributed by atoms with Gasteiger partial charge in [0.05, 0.1) is 23.2 Å². The Kier molecular flexibility index (Phi) is 5.60. The Hall–Kier alpha value is 0.0300. The molecule has 0 aliphatic carbocycles. The van der Waals surface area contributed by atoms with Crippen LogP contribution in [0.4, 0.5) is 0 Å². The molecule has 0 bridgehead atoms. The Morgan fingerprint density at radius 3 is 2.78 bits per heavy atom. The van der Waals surface area contributed by atoms with Crippen LogP contribution in [-0.2, 0) is 20.3 Å². The number of hydrogen-bond donors (Lipinski definition) is 1. The van der Waals surface area contributed by atoms with Crippen LogP contribution in [-0.4, -0.2) is 53.2 Å². The molecule has 0 aromatic carbocycles. The largest absolute Gasteiger partial charge is 0.380 e. The highest BCUT2D eigenvalue weighted by Crippen LogP contribution is 2.25. The van der Waals surface area contributed by atoms with Crippen LogP contribution in [0.3, 0.4) is 0 Å². The van der Waals surface area contributed by atoms with Crippen molar-refractivity contribution in [2.24, 2.45) is 0 Å². The van der Waals surface area contributed by atoms with Gasteiger partial charge in [-0.1, -0.05) is 6.92 Å². The van der Waals surface area contributed by atoms with Crippen LogP contribution < -0.4 is 5.32 Å². The Morgan fingerprint density at radius 2 is 2.11 bits per heavy atom. The third-order valence-electron chi connectivity index (χ3n) is 3.86. The molecule has 5 unspecified atom stereocenters. The van der Waals surface area contributed by atoms with Gasteiger partial charge in [0.2, 0.25) is 0 Å². The summed E-state index contributed by atoms with van der Waals surface area (Å²) in [7, 11) is -0.858. The van der Waals surface area contributed by atoms with Gasteiger partial charge in [0.15, 0.2) is 0 Å². The molecule has 0 spiro atoms. The van der Waals surface area contributed by atoms with Gasteiger partial charge in [-0.25, -0.2) is 0 Å². The molecule has 0 aromatic rings. The van der Waals surface area contributed by atoms with Gasteiger partial charge in [-0.3, -0.25) is 4.21 Å². The average Bonchev–Trinajstić information content (AvgIpc) is 2.82. The van der Waals surface area contributed by atoms with E-state index in [9.17, 15) is 4.21 Å². The minimum atomic E-state index is -0.858. The molecule has 5 atom stereocenters. The molecular weight excluding hydrogens is 250 g/mol. The molecular formula is C13H25NO3S. The molecule has 4 nitrogen and oxygen atoms in total. The predicted octanol–water partition coefficient (Wildman–Crippen LogP) is 1.07. The van der Waals surface area contributed by atoms with Crippen molar-refractivity contribution >= 4 is 10.8 Å². The lowest BCUT2D eigenvalue weighted by Gasteiger charge is -2.33. The molecule has 0 amide bonds. The van der Waals surface area contributed by atoms with Gasteiger partial charge in [-0.05, 0) is 32.7 Å². The van der Waals surface area contributed by atoms with Crippen LogP contribution in [0.2, 0.25) is 0 Å². The second kappa shape index (κ2) is 6.98. The predicted molar refractivity (Wildman–Crippen MR) is 73.3 cm³/mol. The summed E-state index contributed by atoms with van der Waals surface area (Å²) in [6.45, 7) is 7.34. The maximum atomic E-state index is 12.7. The molecule has 0 saturated carbocycles. The van der Waals surface area contributed by atoms with E-state index in [1.54, 1.807) is 0 Å². The van der Waals surface area contributed by atoms with Crippen LogP contribution in [0.1, 0.15) is 33.1 Å². The molecule has 2 aliphatic rings. The fraction of sp³-hybridized carbons (Fsp3) is 1.00. The van der Waals surface area contributed by atoms with E-state index in [2.05, 4.69) is 12.2 Å². The molecule has 2 saturated heterocycles. The van der Waals surface area contributed by atoms with Crippen molar-refractivity contribution in [3.8, 4) is 0 Å². The summed E-state index contributed by atoms with van der Waals surface area (Å²) in [6, 6.07) is 0.340. The van der Waals surface area contributed by atoms with Crippen LogP contribution in [0.15, 0.2) is 0 Å². The summed E-state index contributed by atoms with van der Waals surface area (Å²) < 4.78 is 23.8. The van der Waals surface area contributed by atoms with Gasteiger partial charge in [0.25, 0.3) is 0 Å². The number of rotatable bonds is 5. The van der Waals surface area contributed by atoms with E-state index < -0.39 is 10.8 Å². The Morgan fingerprint density at radius 1 is 1.28 bits per heavy atom. The molecule has 2 heterocycles. The van der Waals surface area contributed by atoms with E-state index in [0.717, 1.165) is 39.0 Å². The molecule has 106 valence electrons. The zero-order valence-electron chi connectivity index (χ0n) is 11.4. The van der Waals surface area contributed by atoms with E-state index in [1.807, 2.05) is 6.92 Å². The van der Waals surface area contributed by atoms with Crippen LogP contribution in [0.25, 0.3) is 0 Å². The van der Waals surface area contributed by atoms with E-state index in [0.29, 0.717) is 12.6 Å². The average molecular weight is 275 g/mol. The molecule has 2 rings (SSSR count). The molecule has 18 heavy (non-hydrogen) atoms. The zero-order chi connectivity index (χ0) is 13.0. The first-order valence-electron chi connectivity index (χ1n) is 7.06. The molecule has 0 radical (unpaired) electrons. The second-order valence-corrected chi connectivity index (χ2v) is 7.06. The van der Waals surface area contributed by atoms with E-state index >= 15 is 0 Å². The topological polar surface area (TPSA) is 47.6 Å². The van der Waals surface area contributed by atoms with Gasteiger partial charge < -0.3 is 14.8 Å². The van der Waals surface area contributed by atoms with Crippen LogP contribution >= 0.6 is 0 Å². The van der Waals surface area contributed by atoms with Crippen LogP contribution in [0, 0.1) is 0 Å². The monoisotopic (exact) mass is 275 g/mol. The summed E-state index contributed by atoms with van der Waals surface area (Å²) in [6.07, 6.45) is 3.13. The summed E-state index contributed by atoms with van der Waals surface area (Å²) in [5.41, 5.74) is 0. The molecule has 2 fully saturated rings. The summed E-state index contributed by atoms with van der Waals surface area (Å²) in [5, 5.41) is 3.83. The minimum absolute atomic E-state index is 0.124. The zero-order valence-corrected chi connectivity index (χ0v) is 12.2. The maximum Gasteiger partial charge on any atom is 0.0739 e. The van der Waals surface area contributed by atoms with Gasteiger partial charge in [-0.2, -0.15) is 0 Å². The van der Waals surface area contributed by atoms with Crippen LogP contribution in [0.5, 0.6) is 0 Å². The highest BCUT2D eigenvalue weighted by atomic mass is 32.2. The lowest BCUT2D eigenvalue weighted by Crippen LogP contribution is -2.51. The Labute approximate surface area is 112 Å². The van der Waals surface area contributed by atoms with E-state index in [1.165, 1.54) is 0 Å². The van der Waals surface area contributed by atoms with Crippen molar-refractivity contribution in [3.05, 3.63) is 0 Å². The SMILES string of the molecule is CCCNC1CCOCC1S(=O)C1CCOC1C. The smallest absolute Gasteiger partial charge is 0.0739 e. The normalized spacial score (nSPS) is 38.8. The van der Waals surface area contributed by atoms with E-state index in [-0.39, 0.29) is 16.6 Å². The Balaban J connectivity index is 1.96. The van der Waals surface area contributed by atoms with Crippen molar-refractivity contribution in [1.29, 1.82) is 0 Å². The summed E-state index contributed by atoms with van der Waals surface area (Å²) in [4.78, 5) is 0. The highest BCUT2D eigenvalue weighted by molar-refractivity contribution is 7.86. The molecule has 2 aliphatic heterocycles. The van der Waals surface area contributed by atoms with Gasteiger partial charge in [0.1, 0.15) is 0 Å². The molecule has 5 heteroatoms. The lowest BCUT2D eigenvalue weighted by atomic mass is 10.1. The van der Waals surface area contributed by atoms with Crippen molar-refractivity contribution in [2.45, 2.75) is 55.8 Å². The lowest BCUT2D eigenvalue weighted by molar-refractivity contribution is 0.0813. The fourth-order valence-corrected chi connectivity index (χ4v) is 4.77. The van der Waals surface area contributed by atoms with Crippen molar-refractivity contribution in [3.63, 3.8) is 0 Å². The first kappa shape index (κ1) is 14.4. The number of nitrogens with one attached hydrogen (secondary N) is 1. The third kappa shape index (κ3) is 3.32. The van der Waals surface area contributed by atoms with Gasteiger partial charge >= 0.3 is 0 Å². The molecule has 0 aromatic heterocycles. The fourth-order valence-electron chi connectivity index (χ4n) is 2.75. The maximum absolute atomic E-state index is 12.7. The molecule has 1 N–H and O–H groups in total. The van der Waals surface area contributed by atoms with Crippen molar-refractivity contribution in [1.82, 2.24) is 5.32 Å². The van der Waals surface area contributed by atoms with Gasteiger partial charge in [-0.15, -0.1) is 0 Å². The first-order chi connectivity index (χ1) is 8.74. The number of hydrogen-bond acceptors (Lipinski definition) is 4. The minimum Gasteiger partial charge on any atom is -0.380 e. The van der Waals surface area contributed by atoms with Gasteiger partial charge in [0, 0.05) is 30.1 Å². The summed E-state index contributed by atoms with van der Waals surface area (Å²) >= 11 is 0.